The van der Waals surface area contributed by atoms with Crippen LogP contribution in [0.4, 0.5) is 5.82 Å². The molecule has 0 spiro atoms. The van der Waals surface area contributed by atoms with Crippen molar-refractivity contribution in [3.05, 3.63) is 30.0 Å². The molecule has 4 heteroatoms. The maximum absolute atomic E-state index is 6.22. The van der Waals surface area contributed by atoms with Gasteiger partial charge < -0.3 is 10.5 Å². The van der Waals surface area contributed by atoms with Crippen LogP contribution in [0.15, 0.2) is 24.3 Å². The van der Waals surface area contributed by atoms with Crippen molar-refractivity contribution >= 4 is 5.82 Å². The number of hydrogen-bond donors (Lipinski definition) is 1. The van der Waals surface area contributed by atoms with Crippen LogP contribution in [0.3, 0.4) is 0 Å². The van der Waals surface area contributed by atoms with Crippen LogP contribution in [-0.2, 0) is 13.5 Å². The van der Waals surface area contributed by atoms with E-state index in [1.54, 1.807) is 11.8 Å². The molecule has 1 aromatic carbocycles. The zero-order valence-electron chi connectivity index (χ0n) is 12.9. The van der Waals surface area contributed by atoms with Crippen LogP contribution in [-0.4, -0.2) is 16.9 Å². The Balaban J connectivity index is 2.61. The number of hydrogen-bond acceptors (Lipinski definition) is 3. The lowest BCUT2D eigenvalue weighted by Gasteiger charge is -2.18. The molecule has 20 heavy (non-hydrogen) atoms. The zero-order valence-corrected chi connectivity index (χ0v) is 12.9. The molecule has 4 nitrogen and oxygen atoms in total. The van der Waals surface area contributed by atoms with E-state index in [0.717, 1.165) is 29.0 Å². The fourth-order valence-corrected chi connectivity index (χ4v) is 2.37. The maximum Gasteiger partial charge on any atom is 0.129 e. The SMILES string of the molecule is COc1ccccc1-c1c(CC(C)(C)C)nn(C)c1N. The summed E-state index contributed by atoms with van der Waals surface area (Å²) in [6.45, 7) is 6.59. The smallest absolute Gasteiger partial charge is 0.129 e. The van der Waals surface area contributed by atoms with E-state index in [-0.39, 0.29) is 5.41 Å². The third-order valence-corrected chi connectivity index (χ3v) is 3.24. The Bertz CT molecular complexity index is 609. The monoisotopic (exact) mass is 273 g/mol. The average molecular weight is 273 g/mol. The molecule has 2 N–H and O–H groups in total. The number of anilines is 1. The second kappa shape index (κ2) is 5.19. The highest BCUT2D eigenvalue weighted by molar-refractivity contribution is 5.81. The lowest BCUT2D eigenvalue weighted by atomic mass is 9.88. The average Bonchev–Trinajstić information content (AvgIpc) is 2.62. The first-order valence-corrected chi connectivity index (χ1v) is 6.78. The summed E-state index contributed by atoms with van der Waals surface area (Å²) in [5.41, 5.74) is 9.37. The third kappa shape index (κ3) is 2.79. The van der Waals surface area contributed by atoms with Gasteiger partial charge in [-0.15, -0.1) is 0 Å². The van der Waals surface area contributed by atoms with Crippen LogP contribution in [0.5, 0.6) is 5.75 Å². The van der Waals surface area contributed by atoms with E-state index < -0.39 is 0 Å². The molecule has 0 aliphatic rings. The van der Waals surface area contributed by atoms with Crippen molar-refractivity contribution < 1.29 is 4.74 Å². The number of aryl methyl sites for hydroxylation is 1. The number of ether oxygens (including phenoxy) is 1. The molecule has 0 aliphatic carbocycles. The van der Waals surface area contributed by atoms with Crippen molar-refractivity contribution in [1.29, 1.82) is 0 Å². The van der Waals surface area contributed by atoms with Gasteiger partial charge in [0, 0.05) is 12.6 Å². The van der Waals surface area contributed by atoms with Crippen molar-refractivity contribution in [2.45, 2.75) is 27.2 Å². The van der Waals surface area contributed by atoms with Gasteiger partial charge in [-0.3, -0.25) is 4.68 Å². The van der Waals surface area contributed by atoms with Crippen LogP contribution >= 0.6 is 0 Å². The minimum absolute atomic E-state index is 0.150. The first-order valence-electron chi connectivity index (χ1n) is 6.78. The second-order valence-electron chi connectivity index (χ2n) is 6.27. The highest BCUT2D eigenvalue weighted by Crippen LogP contribution is 2.38. The minimum Gasteiger partial charge on any atom is -0.496 e. The van der Waals surface area contributed by atoms with E-state index in [0.29, 0.717) is 5.82 Å². The molecule has 2 rings (SSSR count). The molecule has 0 bridgehead atoms. The van der Waals surface area contributed by atoms with Gasteiger partial charge in [-0.25, -0.2) is 0 Å². The molecular formula is C16H23N3O. The Hall–Kier alpha value is -1.97. The van der Waals surface area contributed by atoms with Crippen LogP contribution < -0.4 is 10.5 Å². The molecule has 108 valence electrons. The van der Waals surface area contributed by atoms with E-state index in [1.807, 2.05) is 31.3 Å². The quantitative estimate of drug-likeness (QED) is 0.933. The predicted molar refractivity (Wildman–Crippen MR) is 82.8 cm³/mol. The minimum atomic E-state index is 0.150. The van der Waals surface area contributed by atoms with Gasteiger partial charge in [-0.2, -0.15) is 5.10 Å². The van der Waals surface area contributed by atoms with E-state index in [1.165, 1.54) is 0 Å². The van der Waals surface area contributed by atoms with Gasteiger partial charge in [-0.05, 0) is 17.9 Å². The second-order valence-corrected chi connectivity index (χ2v) is 6.27. The van der Waals surface area contributed by atoms with Gasteiger partial charge in [0.1, 0.15) is 11.6 Å². The molecule has 0 unspecified atom stereocenters. The highest BCUT2D eigenvalue weighted by atomic mass is 16.5. The molecule has 0 amide bonds. The van der Waals surface area contributed by atoms with E-state index >= 15 is 0 Å². The summed E-state index contributed by atoms with van der Waals surface area (Å²) in [7, 11) is 3.55. The standard InChI is InChI=1S/C16H23N3O/c1-16(2,3)10-12-14(15(17)19(4)18-12)11-8-6-7-9-13(11)20-5/h6-9H,10,17H2,1-5H3. The number of benzene rings is 1. The molecule has 0 aliphatic heterocycles. The summed E-state index contributed by atoms with van der Waals surface area (Å²) in [5.74, 6) is 1.50. The summed E-state index contributed by atoms with van der Waals surface area (Å²) < 4.78 is 7.20. The number of nitrogens with two attached hydrogens (primary N) is 1. The van der Waals surface area contributed by atoms with E-state index in [4.69, 9.17) is 10.5 Å². The van der Waals surface area contributed by atoms with Crippen molar-refractivity contribution in [3.63, 3.8) is 0 Å². The van der Waals surface area contributed by atoms with Crippen molar-refractivity contribution in [3.8, 4) is 16.9 Å². The van der Waals surface area contributed by atoms with Crippen LogP contribution in [0.2, 0.25) is 0 Å². The van der Waals surface area contributed by atoms with E-state index in [9.17, 15) is 0 Å². The Morgan fingerprint density at radius 1 is 1.25 bits per heavy atom. The van der Waals surface area contributed by atoms with Crippen LogP contribution in [0.1, 0.15) is 26.5 Å². The molecule has 1 aromatic heterocycles. The normalized spacial score (nSPS) is 11.7. The summed E-state index contributed by atoms with van der Waals surface area (Å²) in [5, 5.41) is 4.58. The van der Waals surface area contributed by atoms with Crippen molar-refractivity contribution in [1.82, 2.24) is 9.78 Å². The van der Waals surface area contributed by atoms with Gasteiger partial charge in [0.25, 0.3) is 0 Å². The van der Waals surface area contributed by atoms with Gasteiger partial charge in [0.05, 0.1) is 18.4 Å². The molecule has 2 aromatic rings. The zero-order chi connectivity index (χ0) is 14.9. The number of methoxy groups -OCH3 is 1. The highest BCUT2D eigenvalue weighted by Gasteiger charge is 2.22. The van der Waals surface area contributed by atoms with Gasteiger partial charge in [-0.1, -0.05) is 39.0 Å². The molecule has 0 atom stereocenters. The van der Waals surface area contributed by atoms with Crippen molar-refractivity contribution in [2.75, 3.05) is 12.8 Å². The fraction of sp³-hybridized carbons (Fsp3) is 0.438. The predicted octanol–water partition coefficient (Wildman–Crippen LogP) is 3.27. The summed E-state index contributed by atoms with van der Waals surface area (Å²) in [6.07, 6.45) is 0.866. The lowest BCUT2D eigenvalue weighted by molar-refractivity contribution is 0.404. The Labute approximate surface area is 120 Å². The van der Waals surface area contributed by atoms with Crippen LogP contribution in [0, 0.1) is 5.41 Å². The fourth-order valence-electron chi connectivity index (χ4n) is 2.37. The summed E-state index contributed by atoms with van der Waals surface area (Å²) >= 11 is 0. The van der Waals surface area contributed by atoms with E-state index in [2.05, 4.69) is 25.9 Å². The number of aromatic nitrogens is 2. The molecule has 0 saturated carbocycles. The van der Waals surface area contributed by atoms with Gasteiger partial charge in [0.2, 0.25) is 0 Å². The number of nitrogens with zero attached hydrogens (tertiary/aromatic N) is 2. The summed E-state index contributed by atoms with van der Waals surface area (Å²) in [6, 6.07) is 7.92. The third-order valence-electron chi connectivity index (χ3n) is 3.24. The molecule has 0 fully saturated rings. The molecule has 0 radical (unpaired) electrons. The first-order chi connectivity index (χ1) is 9.33. The molecular weight excluding hydrogens is 250 g/mol. The Morgan fingerprint density at radius 3 is 2.50 bits per heavy atom. The molecule has 0 saturated heterocycles. The van der Waals surface area contributed by atoms with Gasteiger partial charge in [0.15, 0.2) is 0 Å². The Morgan fingerprint density at radius 2 is 1.90 bits per heavy atom. The maximum atomic E-state index is 6.22. The topological polar surface area (TPSA) is 53.1 Å². The number of nitrogen functional groups attached to an aromatic ring is 1. The number of rotatable bonds is 3. The van der Waals surface area contributed by atoms with Crippen LogP contribution in [0.25, 0.3) is 11.1 Å². The summed E-state index contributed by atoms with van der Waals surface area (Å²) in [4.78, 5) is 0. The number of para-hydroxylation sites is 1. The van der Waals surface area contributed by atoms with Crippen molar-refractivity contribution in [2.24, 2.45) is 12.5 Å². The van der Waals surface area contributed by atoms with Gasteiger partial charge >= 0.3 is 0 Å². The Kier molecular flexibility index (Phi) is 3.75. The first kappa shape index (κ1) is 14.4. The largest absolute Gasteiger partial charge is 0.496 e. The lowest BCUT2D eigenvalue weighted by Crippen LogP contribution is -2.10. The molecule has 1 heterocycles.